The zero-order chi connectivity index (χ0) is 27.4. The van der Waals surface area contributed by atoms with Crippen LogP contribution in [-0.2, 0) is 4.79 Å². The van der Waals surface area contributed by atoms with Gasteiger partial charge in [0.2, 0.25) is 5.91 Å². The van der Waals surface area contributed by atoms with Crippen molar-refractivity contribution < 1.29 is 27.5 Å². The first kappa shape index (κ1) is 28.0. The smallest absolute Gasteiger partial charge is 0.404 e. The molecule has 1 heterocycles. The molecule has 9 nitrogen and oxygen atoms in total. The van der Waals surface area contributed by atoms with Gasteiger partial charge in [0.15, 0.2) is 11.6 Å². The number of nitrogens with zero attached hydrogens (tertiary/aromatic N) is 4. The number of benzene rings is 1. The third-order valence-corrected chi connectivity index (χ3v) is 6.49. The maximum absolute atomic E-state index is 13.2. The molecule has 3 rings (SSSR count). The number of rotatable bonds is 7. The summed E-state index contributed by atoms with van der Waals surface area (Å²) in [5.74, 6) is -0.700. The fourth-order valence-corrected chi connectivity index (χ4v) is 4.71. The highest BCUT2D eigenvalue weighted by Crippen LogP contribution is 2.35. The minimum Gasteiger partial charge on any atom is -0.404 e. The molecule has 0 unspecified atom stereocenters. The maximum Gasteiger partial charge on any atom is 0.573 e. The number of carbonyl (C=O) groups is 2. The van der Waals surface area contributed by atoms with Crippen LogP contribution in [0, 0.1) is 5.41 Å². The molecule has 0 radical (unpaired) electrons. The number of amides is 2. The topological polar surface area (TPSA) is 98.6 Å². The van der Waals surface area contributed by atoms with Crippen LogP contribution in [0.1, 0.15) is 49.9 Å². The number of carbonyl (C=O) groups excluding carboxylic acids is 2. The minimum absolute atomic E-state index is 0.00695. The number of alkyl halides is 3. The predicted molar refractivity (Wildman–Crippen MR) is 136 cm³/mol. The van der Waals surface area contributed by atoms with Crippen molar-refractivity contribution in [2.45, 2.75) is 51.9 Å². The Balaban J connectivity index is 1.99. The molecular formula is C25H33F3N6O3. The van der Waals surface area contributed by atoms with E-state index < -0.39 is 23.4 Å². The van der Waals surface area contributed by atoms with E-state index in [1.807, 2.05) is 13.8 Å². The molecule has 2 aliphatic rings. The summed E-state index contributed by atoms with van der Waals surface area (Å²) in [7, 11) is 3.03. The molecule has 1 saturated heterocycles. The van der Waals surface area contributed by atoms with Crippen molar-refractivity contribution >= 4 is 30.1 Å². The van der Waals surface area contributed by atoms with Gasteiger partial charge in [-0.2, -0.15) is 0 Å². The molecule has 37 heavy (non-hydrogen) atoms. The lowest BCUT2D eigenvalue weighted by molar-refractivity contribution is -0.274. The number of nitrogens with one attached hydrogen (secondary N) is 2. The van der Waals surface area contributed by atoms with Crippen molar-refractivity contribution in [1.29, 1.82) is 0 Å². The zero-order valence-corrected chi connectivity index (χ0v) is 21.5. The molecule has 2 amide bonds. The lowest BCUT2D eigenvalue weighted by Gasteiger charge is -2.34. The number of aliphatic imine (C=N–C) groups is 2. The maximum atomic E-state index is 13.2. The Kier molecular flexibility index (Phi) is 8.49. The van der Waals surface area contributed by atoms with E-state index in [1.54, 1.807) is 7.05 Å². The normalized spacial score (nSPS) is 20.8. The van der Waals surface area contributed by atoms with Crippen LogP contribution < -0.4 is 15.4 Å². The van der Waals surface area contributed by atoms with E-state index in [2.05, 4.69) is 32.0 Å². The fraction of sp³-hybridized carbons (Fsp3) is 0.520. The van der Waals surface area contributed by atoms with Crippen LogP contribution in [0.2, 0.25) is 0 Å². The van der Waals surface area contributed by atoms with Gasteiger partial charge in [-0.3, -0.25) is 14.6 Å². The summed E-state index contributed by atoms with van der Waals surface area (Å²) < 4.78 is 43.3. The van der Waals surface area contributed by atoms with Gasteiger partial charge in [-0.1, -0.05) is 12.8 Å². The molecule has 0 atom stereocenters. The molecule has 202 valence electrons. The van der Waals surface area contributed by atoms with Crippen molar-refractivity contribution in [2.24, 2.45) is 15.4 Å². The lowest BCUT2D eigenvalue weighted by atomic mass is 9.91. The van der Waals surface area contributed by atoms with E-state index >= 15 is 0 Å². The van der Waals surface area contributed by atoms with Gasteiger partial charge in [0, 0.05) is 32.2 Å². The highest BCUT2D eigenvalue weighted by molar-refractivity contribution is 6.04. The summed E-state index contributed by atoms with van der Waals surface area (Å²) in [5, 5.41) is 5.23. The van der Waals surface area contributed by atoms with E-state index in [9.17, 15) is 22.8 Å². The van der Waals surface area contributed by atoms with Crippen molar-refractivity contribution in [2.75, 3.05) is 32.6 Å². The molecule has 1 aromatic rings. The lowest BCUT2D eigenvalue weighted by Crippen LogP contribution is -2.44. The second kappa shape index (κ2) is 11.2. The van der Waals surface area contributed by atoms with E-state index in [1.165, 1.54) is 30.3 Å². The van der Waals surface area contributed by atoms with Crippen LogP contribution in [0.5, 0.6) is 5.75 Å². The Bertz CT molecular complexity index is 1090. The van der Waals surface area contributed by atoms with Gasteiger partial charge in [-0.25, -0.2) is 4.99 Å². The molecule has 1 saturated carbocycles. The molecule has 1 aliphatic carbocycles. The van der Waals surface area contributed by atoms with Crippen LogP contribution in [0.25, 0.3) is 0 Å². The van der Waals surface area contributed by atoms with Crippen molar-refractivity contribution in [3.63, 3.8) is 0 Å². The van der Waals surface area contributed by atoms with Gasteiger partial charge in [0.25, 0.3) is 5.91 Å². The third-order valence-electron chi connectivity index (χ3n) is 6.49. The van der Waals surface area contributed by atoms with Gasteiger partial charge in [0.1, 0.15) is 12.4 Å². The Morgan fingerprint density at radius 2 is 1.97 bits per heavy atom. The van der Waals surface area contributed by atoms with Crippen molar-refractivity contribution in [1.82, 2.24) is 15.1 Å². The first-order valence-electron chi connectivity index (χ1n) is 12.0. The Morgan fingerprint density at radius 1 is 1.30 bits per heavy atom. The quantitative estimate of drug-likeness (QED) is 0.528. The van der Waals surface area contributed by atoms with E-state index in [0.29, 0.717) is 18.1 Å². The second-order valence-corrected chi connectivity index (χ2v) is 9.67. The fourth-order valence-electron chi connectivity index (χ4n) is 4.71. The standard InChI is InChI=1S/C25H33F3N6O3/c1-24(2)14-34(17-8-6-7-9-17)21(19(13-29-3)33(5)23(24)36)32-15-31-18-11-10-16(22(35)30-4)12-20(18)37-25(26,27)28/h10-13,17,31H,3,6-9,14-15H2,1-2,4-5H3,(H,30,35)/b19-13+,32-21+. The van der Waals surface area contributed by atoms with Crippen LogP contribution >= 0.6 is 0 Å². The number of halogens is 3. The summed E-state index contributed by atoms with van der Waals surface area (Å²) in [6, 6.07) is 3.89. The van der Waals surface area contributed by atoms with Crippen LogP contribution in [0.3, 0.4) is 0 Å². The summed E-state index contributed by atoms with van der Waals surface area (Å²) >= 11 is 0. The highest BCUT2D eigenvalue weighted by Gasteiger charge is 2.42. The molecule has 0 bridgehead atoms. The number of likely N-dealkylation sites (N-methyl/N-ethyl adjacent to an activating group) is 1. The van der Waals surface area contributed by atoms with Gasteiger partial charge < -0.3 is 25.2 Å². The SMILES string of the molecule is C=N/C=C1\C(=N/CNc2ccc(C(=O)NC)cc2OC(F)(F)F)N(C2CCCC2)CC(C)(C)C(=O)N1C. The van der Waals surface area contributed by atoms with Crippen LogP contribution in [-0.4, -0.2) is 73.9 Å². The number of hydrogen-bond donors (Lipinski definition) is 2. The number of ether oxygens (including phenoxy) is 1. The van der Waals surface area contributed by atoms with Gasteiger partial charge in [-0.15, -0.1) is 13.2 Å². The average molecular weight is 523 g/mol. The molecule has 1 aromatic carbocycles. The van der Waals surface area contributed by atoms with Crippen LogP contribution in [0.4, 0.5) is 18.9 Å². The Morgan fingerprint density at radius 3 is 2.57 bits per heavy atom. The van der Waals surface area contributed by atoms with Crippen LogP contribution in [0.15, 0.2) is 40.1 Å². The first-order valence-corrected chi connectivity index (χ1v) is 12.0. The van der Waals surface area contributed by atoms with Gasteiger partial charge in [-0.05, 0) is 51.6 Å². The summed E-state index contributed by atoms with van der Waals surface area (Å²) in [6.45, 7) is 7.59. The number of amidine groups is 1. The Labute approximate surface area is 214 Å². The van der Waals surface area contributed by atoms with Gasteiger partial charge in [0.05, 0.1) is 17.3 Å². The van der Waals surface area contributed by atoms with E-state index in [-0.39, 0.29) is 29.9 Å². The molecule has 2 fully saturated rings. The average Bonchev–Trinajstić information content (AvgIpc) is 3.35. The second-order valence-electron chi connectivity index (χ2n) is 9.67. The number of anilines is 1. The zero-order valence-electron chi connectivity index (χ0n) is 21.5. The van der Waals surface area contributed by atoms with Gasteiger partial charge >= 0.3 is 6.36 Å². The summed E-state index contributed by atoms with van der Waals surface area (Å²) in [5.41, 5.74) is -0.223. The highest BCUT2D eigenvalue weighted by atomic mass is 19.4. The molecule has 12 heteroatoms. The molecular weight excluding hydrogens is 489 g/mol. The van der Waals surface area contributed by atoms with E-state index in [4.69, 9.17) is 4.99 Å². The monoisotopic (exact) mass is 522 g/mol. The summed E-state index contributed by atoms with van der Waals surface area (Å²) in [4.78, 5) is 37.3. The molecule has 0 aromatic heterocycles. The molecule has 2 N–H and O–H groups in total. The predicted octanol–water partition coefficient (Wildman–Crippen LogP) is 4.00. The molecule has 1 aliphatic heterocycles. The van der Waals surface area contributed by atoms with Crippen molar-refractivity contribution in [3.8, 4) is 5.75 Å². The number of hydrogen-bond acceptors (Lipinski definition) is 6. The Hall–Kier alpha value is -3.57. The van der Waals surface area contributed by atoms with E-state index in [0.717, 1.165) is 31.7 Å². The summed E-state index contributed by atoms with van der Waals surface area (Å²) in [6.07, 6.45) is 0.525. The first-order chi connectivity index (χ1) is 17.4. The minimum atomic E-state index is -4.95. The molecule has 0 spiro atoms. The largest absolute Gasteiger partial charge is 0.573 e. The van der Waals surface area contributed by atoms with Crippen molar-refractivity contribution in [3.05, 3.63) is 35.7 Å². The third kappa shape index (κ3) is 6.60.